The molecule has 0 aliphatic carbocycles. The molecule has 0 saturated carbocycles. The van der Waals surface area contributed by atoms with Gasteiger partial charge in [-0.2, -0.15) is 0 Å². The second-order valence-corrected chi connectivity index (χ2v) is 17.4. The lowest BCUT2D eigenvalue weighted by Gasteiger charge is -2.41. The number of ether oxygens (including phenoxy) is 3. The molecule has 1 amide bonds. The third kappa shape index (κ3) is 34.0. The van der Waals surface area contributed by atoms with E-state index in [0.29, 0.717) is 19.3 Å². The molecule has 0 aromatic heterocycles. The number of aliphatic hydroxyl groups is 5. The highest BCUT2D eigenvalue weighted by molar-refractivity contribution is 5.80. The first-order valence-corrected chi connectivity index (χ1v) is 26.3. The minimum Gasteiger partial charge on any atom is -0.454 e. The molecule has 1 fully saturated rings. The molecule has 392 valence electrons. The molecule has 0 radical (unpaired) electrons. The van der Waals surface area contributed by atoms with Crippen LogP contribution in [0.15, 0.2) is 146 Å². The van der Waals surface area contributed by atoms with Crippen LogP contribution in [0.25, 0.3) is 0 Å². The average molecular weight is 974 g/mol. The van der Waals surface area contributed by atoms with Crippen molar-refractivity contribution in [2.45, 2.75) is 198 Å². The van der Waals surface area contributed by atoms with Gasteiger partial charge in [-0.1, -0.05) is 231 Å². The van der Waals surface area contributed by atoms with E-state index in [4.69, 9.17) is 14.2 Å². The molecular weight excluding hydrogens is 883 g/mol. The van der Waals surface area contributed by atoms with Crippen LogP contribution in [0.1, 0.15) is 149 Å². The summed E-state index contributed by atoms with van der Waals surface area (Å²) in [5, 5.41) is 56.6. The standard InChI is InChI=1S/C59H91NO10/c1-4-7-10-13-16-19-22-25-26-27-29-31-34-37-40-43-46-52(63)58(67)60-50(51(62)45-42-39-36-33-30-24-21-18-15-12-9-6-3)49-68-59-57(56(66)55(65)53(48-61)69-59)70-54(64)47-44-41-38-35-32-28-23-20-17-14-11-8-5-2/h7-8,10-11,13-14,16-17,19-20,22-23,25-29,31-32,34-35,38,42,45,50-53,55-57,59,61-63,65-66H,4-6,9,12,15,18,21,24,30,33,36-37,39-41,43-44,46-49H2,1-3H3,(H,60,67)/b10-7-,11-8+,16-13+,17-14+,22-19+,23-20-,26-25-,29-27+,32-28-,34-31+,38-35+,45-42+. The minimum atomic E-state index is -1.66. The quantitative estimate of drug-likeness (QED) is 0.0150. The second-order valence-electron chi connectivity index (χ2n) is 17.4. The SMILES string of the molecule is CC\C=C/C=C/C=C/C=C\C=C\C=C\CCCCC(O)C(=O)NC(COC1OC(CO)C(O)C(O)C1OC(=O)CCC/C=C/C=C\C=C/C=C/C=C/CC)C(O)/C=C/CCCCCCCCCCCC. The first kappa shape index (κ1) is 63.6. The van der Waals surface area contributed by atoms with Crippen molar-refractivity contribution in [1.82, 2.24) is 5.32 Å². The van der Waals surface area contributed by atoms with Crippen LogP contribution >= 0.6 is 0 Å². The Kier molecular flexibility index (Phi) is 41.5. The second kappa shape index (κ2) is 45.7. The van der Waals surface area contributed by atoms with E-state index in [1.165, 1.54) is 44.9 Å². The summed E-state index contributed by atoms with van der Waals surface area (Å²) < 4.78 is 17.4. The van der Waals surface area contributed by atoms with Gasteiger partial charge in [-0.15, -0.1) is 0 Å². The smallest absolute Gasteiger partial charge is 0.306 e. The molecule has 1 saturated heterocycles. The average Bonchev–Trinajstić information content (AvgIpc) is 3.36. The number of carbonyl (C=O) groups excluding carboxylic acids is 2. The molecule has 0 bridgehead atoms. The van der Waals surface area contributed by atoms with Crippen molar-refractivity contribution in [3.63, 3.8) is 0 Å². The third-order valence-corrected chi connectivity index (χ3v) is 11.3. The van der Waals surface area contributed by atoms with Gasteiger partial charge < -0.3 is 45.1 Å². The number of aliphatic hydroxyl groups excluding tert-OH is 5. The molecule has 0 aromatic rings. The Bertz CT molecular complexity index is 1680. The summed E-state index contributed by atoms with van der Waals surface area (Å²) in [5.41, 5.74) is 0. The molecule has 70 heavy (non-hydrogen) atoms. The highest BCUT2D eigenvalue weighted by Crippen LogP contribution is 2.26. The van der Waals surface area contributed by atoms with Crippen molar-refractivity contribution in [2.24, 2.45) is 0 Å². The van der Waals surface area contributed by atoms with E-state index in [1.807, 2.05) is 128 Å². The molecule has 6 N–H and O–H groups in total. The van der Waals surface area contributed by atoms with Gasteiger partial charge in [0.25, 0.3) is 0 Å². The zero-order valence-electron chi connectivity index (χ0n) is 42.8. The first-order valence-electron chi connectivity index (χ1n) is 26.3. The molecule has 11 nitrogen and oxygen atoms in total. The molecular formula is C59H91NO10. The first-order chi connectivity index (χ1) is 34.2. The van der Waals surface area contributed by atoms with E-state index in [0.717, 1.165) is 51.4 Å². The Morgan fingerprint density at radius 3 is 1.54 bits per heavy atom. The Hall–Kier alpha value is -4.46. The van der Waals surface area contributed by atoms with Gasteiger partial charge in [0.15, 0.2) is 12.4 Å². The predicted molar refractivity (Wildman–Crippen MR) is 287 cm³/mol. The van der Waals surface area contributed by atoms with E-state index in [1.54, 1.807) is 6.08 Å². The topological polar surface area (TPSA) is 175 Å². The van der Waals surface area contributed by atoms with Crippen molar-refractivity contribution in [2.75, 3.05) is 13.2 Å². The fourth-order valence-corrected chi connectivity index (χ4v) is 7.12. The Morgan fingerprint density at radius 1 is 0.571 bits per heavy atom. The van der Waals surface area contributed by atoms with Crippen LogP contribution in [-0.4, -0.2) is 99.6 Å². The Balaban J connectivity index is 2.88. The Morgan fingerprint density at radius 2 is 1.03 bits per heavy atom. The van der Waals surface area contributed by atoms with Crippen LogP contribution in [0, 0.1) is 0 Å². The normalized spacial score (nSPS) is 20.9. The highest BCUT2D eigenvalue weighted by atomic mass is 16.7. The summed E-state index contributed by atoms with van der Waals surface area (Å²) in [6, 6.07) is -1.07. The van der Waals surface area contributed by atoms with Crippen LogP contribution in [0.3, 0.4) is 0 Å². The van der Waals surface area contributed by atoms with Gasteiger partial charge in [-0.05, 0) is 57.8 Å². The summed E-state index contributed by atoms with van der Waals surface area (Å²) >= 11 is 0. The highest BCUT2D eigenvalue weighted by Gasteiger charge is 2.47. The van der Waals surface area contributed by atoms with Gasteiger partial charge in [0.1, 0.15) is 24.4 Å². The monoisotopic (exact) mass is 974 g/mol. The molecule has 0 aromatic carbocycles. The van der Waals surface area contributed by atoms with E-state index in [9.17, 15) is 35.1 Å². The molecule has 1 rings (SSSR count). The molecule has 8 atom stereocenters. The molecule has 1 aliphatic heterocycles. The number of carbonyl (C=O) groups is 2. The van der Waals surface area contributed by atoms with Crippen molar-refractivity contribution >= 4 is 11.9 Å². The number of esters is 1. The Labute approximate surface area is 422 Å². The maximum Gasteiger partial charge on any atom is 0.306 e. The largest absolute Gasteiger partial charge is 0.454 e. The van der Waals surface area contributed by atoms with Crippen LogP contribution in [0.5, 0.6) is 0 Å². The van der Waals surface area contributed by atoms with Crippen LogP contribution < -0.4 is 5.32 Å². The number of hydrogen-bond acceptors (Lipinski definition) is 10. The lowest BCUT2D eigenvalue weighted by atomic mass is 9.99. The van der Waals surface area contributed by atoms with Crippen molar-refractivity contribution in [1.29, 1.82) is 0 Å². The summed E-state index contributed by atoms with van der Waals surface area (Å²) in [4.78, 5) is 26.3. The van der Waals surface area contributed by atoms with Gasteiger partial charge in [0.05, 0.1) is 25.4 Å². The number of rotatable bonds is 40. The lowest BCUT2D eigenvalue weighted by Crippen LogP contribution is -2.61. The zero-order chi connectivity index (χ0) is 51.1. The van der Waals surface area contributed by atoms with Crippen LogP contribution in [0.2, 0.25) is 0 Å². The molecule has 0 spiro atoms. The van der Waals surface area contributed by atoms with E-state index >= 15 is 0 Å². The summed E-state index contributed by atoms with van der Waals surface area (Å²) in [5.74, 6) is -1.34. The van der Waals surface area contributed by atoms with Crippen molar-refractivity contribution < 1.29 is 49.3 Å². The maximum atomic E-state index is 13.3. The lowest BCUT2D eigenvalue weighted by molar-refractivity contribution is -0.305. The van der Waals surface area contributed by atoms with Crippen molar-refractivity contribution in [3.05, 3.63) is 146 Å². The fourth-order valence-electron chi connectivity index (χ4n) is 7.12. The minimum absolute atomic E-state index is 0.0117. The van der Waals surface area contributed by atoms with Crippen LogP contribution in [-0.2, 0) is 23.8 Å². The molecule has 1 heterocycles. The summed E-state index contributed by atoms with van der Waals surface area (Å²) in [6.45, 7) is 5.37. The van der Waals surface area contributed by atoms with Gasteiger partial charge in [-0.25, -0.2) is 0 Å². The van der Waals surface area contributed by atoms with Gasteiger partial charge in [0.2, 0.25) is 5.91 Å². The number of amides is 1. The van der Waals surface area contributed by atoms with E-state index in [-0.39, 0.29) is 19.4 Å². The number of hydrogen-bond donors (Lipinski definition) is 6. The fraction of sp³-hybridized carbons (Fsp3) is 0.559. The van der Waals surface area contributed by atoms with Gasteiger partial charge in [-0.3, -0.25) is 9.59 Å². The molecule has 8 unspecified atom stereocenters. The number of nitrogens with one attached hydrogen (secondary N) is 1. The van der Waals surface area contributed by atoms with E-state index in [2.05, 4.69) is 38.2 Å². The number of allylic oxidation sites excluding steroid dienone is 23. The zero-order valence-corrected chi connectivity index (χ0v) is 42.8. The maximum absolute atomic E-state index is 13.3. The summed E-state index contributed by atoms with van der Waals surface area (Å²) in [7, 11) is 0. The third-order valence-electron chi connectivity index (χ3n) is 11.3. The summed E-state index contributed by atoms with van der Waals surface area (Å²) in [6.07, 6.45) is 54.8. The molecule has 11 heteroatoms. The van der Waals surface area contributed by atoms with Crippen LogP contribution in [0.4, 0.5) is 0 Å². The number of unbranched alkanes of at least 4 members (excludes halogenated alkanes) is 13. The van der Waals surface area contributed by atoms with Gasteiger partial charge in [0, 0.05) is 6.42 Å². The van der Waals surface area contributed by atoms with Gasteiger partial charge >= 0.3 is 5.97 Å². The molecule has 1 aliphatic rings. The van der Waals surface area contributed by atoms with Crippen molar-refractivity contribution in [3.8, 4) is 0 Å². The van der Waals surface area contributed by atoms with E-state index < -0.39 is 67.4 Å². The predicted octanol–water partition coefficient (Wildman–Crippen LogP) is 11.1.